The Bertz CT molecular complexity index is 520. The molecule has 0 bridgehead atoms. The summed E-state index contributed by atoms with van der Waals surface area (Å²) in [6, 6.07) is 5.50. The monoisotopic (exact) mass is 268 g/mol. The molecule has 0 aliphatic carbocycles. The number of hydrogen-bond donors (Lipinski definition) is 2. The Hall–Kier alpha value is -0.910. The zero-order valence-electron chi connectivity index (χ0n) is 10.9. The molecule has 5 heteroatoms. The summed E-state index contributed by atoms with van der Waals surface area (Å²) in [6.45, 7) is 5.35. The minimum atomic E-state index is -3.38. The summed E-state index contributed by atoms with van der Waals surface area (Å²) in [5.41, 5.74) is 2.10. The van der Waals surface area contributed by atoms with Gasteiger partial charge in [-0.1, -0.05) is 6.07 Å². The highest BCUT2D eigenvalue weighted by atomic mass is 32.2. The fraction of sp³-hybridized carbons (Fsp3) is 0.538. The first-order valence-corrected chi connectivity index (χ1v) is 7.78. The second-order valence-electron chi connectivity index (χ2n) is 4.89. The molecule has 0 saturated carbocycles. The molecule has 0 amide bonds. The largest absolute Gasteiger partial charge is 0.313 e. The van der Waals surface area contributed by atoms with E-state index in [1.807, 2.05) is 19.9 Å². The first kappa shape index (κ1) is 13.5. The molecule has 1 unspecified atom stereocenters. The predicted octanol–water partition coefficient (Wildman–Crippen LogP) is 1.33. The van der Waals surface area contributed by atoms with Gasteiger partial charge in [0.15, 0.2) is 0 Å². The molecule has 1 aromatic carbocycles. The van der Waals surface area contributed by atoms with Crippen molar-refractivity contribution in [2.45, 2.75) is 37.6 Å². The molecule has 1 aromatic rings. The second-order valence-corrected chi connectivity index (χ2v) is 6.66. The van der Waals surface area contributed by atoms with E-state index in [2.05, 4.69) is 10.0 Å². The Labute approximate surface area is 109 Å². The summed E-state index contributed by atoms with van der Waals surface area (Å²) >= 11 is 0. The first-order chi connectivity index (χ1) is 8.49. The van der Waals surface area contributed by atoms with E-state index in [0.29, 0.717) is 11.4 Å². The average molecular weight is 268 g/mol. The standard InChI is InChI=1S/C13H20N2O2S/c1-10-5-6-13(8-11(10)2)18(16,17)15-9-12-4-3-7-14-12/h5-6,8,12,14-15H,3-4,7,9H2,1-2H3. The van der Waals surface area contributed by atoms with Gasteiger partial charge in [-0.15, -0.1) is 0 Å². The normalized spacial score (nSPS) is 20.2. The third-order valence-electron chi connectivity index (χ3n) is 3.47. The van der Waals surface area contributed by atoms with Crippen LogP contribution in [0.25, 0.3) is 0 Å². The molecule has 1 heterocycles. The van der Waals surface area contributed by atoms with E-state index in [1.54, 1.807) is 12.1 Å². The van der Waals surface area contributed by atoms with Crippen LogP contribution >= 0.6 is 0 Å². The second kappa shape index (κ2) is 5.38. The van der Waals surface area contributed by atoms with E-state index in [9.17, 15) is 8.42 Å². The van der Waals surface area contributed by atoms with Crippen molar-refractivity contribution in [3.63, 3.8) is 0 Å². The SMILES string of the molecule is Cc1ccc(S(=O)(=O)NCC2CCCN2)cc1C. The van der Waals surface area contributed by atoms with E-state index in [0.717, 1.165) is 30.5 Å². The Balaban J connectivity index is 2.07. The van der Waals surface area contributed by atoms with Crippen LogP contribution in [0.5, 0.6) is 0 Å². The van der Waals surface area contributed by atoms with Gasteiger partial charge in [-0.2, -0.15) is 0 Å². The molecule has 2 N–H and O–H groups in total. The highest BCUT2D eigenvalue weighted by molar-refractivity contribution is 7.89. The van der Waals surface area contributed by atoms with Crippen molar-refractivity contribution in [3.8, 4) is 0 Å². The van der Waals surface area contributed by atoms with Crippen LogP contribution in [-0.2, 0) is 10.0 Å². The third-order valence-corrected chi connectivity index (χ3v) is 4.89. The van der Waals surface area contributed by atoms with Crippen LogP contribution < -0.4 is 10.0 Å². The Kier molecular flexibility index (Phi) is 4.04. The van der Waals surface area contributed by atoms with Gasteiger partial charge in [0.05, 0.1) is 4.90 Å². The first-order valence-electron chi connectivity index (χ1n) is 6.29. The quantitative estimate of drug-likeness (QED) is 0.866. The zero-order chi connectivity index (χ0) is 13.2. The van der Waals surface area contributed by atoms with Crippen molar-refractivity contribution in [1.82, 2.24) is 10.0 Å². The van der Waals surface area contributed by atoms with Gasteiger partial charge in [0.2, 0.25) is 10.0 Å². The van der Waals surface area contributed by atoms with Gasteiger partial charge in [0, 0.05) is 12.6 Å². The van der Waals surface area contributed by atoms with Crippen molar-refractivity contribution in [2.24, 2.45) is 0 Å². The molecular formula is C13H20N2O2S. The number of sulfonamides is 1. The van der Waals surface area contributed by atoms with Gasteiger partial charge in [0.25, 0.3) is 0 Å². The molecular weight excluding hydrogens is 248 g/mol. The Morgan fingerprint density at radius 1 is 1.33 bits per heavy atom. The summed E-state index contributed by atoms with van der Waals surface area (Å²) in [5, 5.41) is 3.27. The molecule has 0 spiro atoms. The molecule has 2 rings (SSSR count). The minimum absolute atomic E-state index is 0.270. The lowest BCUT2D eigenvalue weighted by Crippen LogP contribution is -2.37. The number of benzene rings is 1. The summed E-state index contributed by atoms with van der Waals surface area (Å²) in [6.07, 6.45) is 2.16. The molecule has 0 radical (unpaired) electrons. The number of nitrogens with one attached hydrogen (secondary N) is 2. The highest BCUT2D eigenvalue weighted by Gasteiger charge is 2.19. The number of aryl methyl sites for hydroxylation is 2. The van der Waals surface area contributed by atoms with Crippen molar-refractivity contribution in [3.05, 3.63) is 29.3 Å². The van der Waals surface area contributed by atoms with E-state index < -0.39 is 10.0 Å². The van der Waals surface area contributed by atoms with Crippen LogP contribution in [-0.4, -0.2) is 27.5 Å². The van der Waals surface area contributed by atoms with E-state index in [4.69, 9.17) is 0 Å². The van der Waals surface area contributed by atoms with Crippen LogP contribution in [0.2, 0.25) is 0 Å². The molecule has 1 saturated heterocycles. The topological polar surface area (TPSA) is 58.2 Å². The van der Waals surface area contributed by atoms with Gasteiger partial charge in [-0.25, -0.2) is 13.1 Å². The smallest absolute Gasteiger partial charge is 0.240 e. The lowest BCUT2D eigenvalue weighted by Gasteiger charge is -2.12. The van der Waals surface area contributed by atoms with Gasteiger partial charge >= 0.3 is 0 Å². The maximum Gasteiger partial charge on any atom is 0.240 e. The van der Waals surface area contributed by atoms with E-state index in [1.165, 1.54) is 0 Å². The average Bonchev–Trinajstić information content (AvgIpc) is 2.83. The Morgan fingerprint density at radius 2 is 2.11 bits per heavy atom. The molecule has 1 aliphatic heterocycles. The van der Waals surface area contributed by atoms with Crippen LogP contribution in [0.4, 0.5) is 0 Å². The summed E-state index contributed by atoms with van der Waals surface area (Å²) in [7, 11) is -3.38. The van der Waals surface area contributed by atoms with Gasteiger partial charge in [-0.05, 0) is 56.5 Å². The molecule has 100 valence electrons. The van der Waals surface area contributed by atoms with Crippen LogP contribution in [0.1, 0.15) is 24.0 Å². The lowest BCUT2D eigenvalue weighted by molar-refractivity contribution is 0.551. The summed E-state index contributed by atoms with van der Waals surface area (Å²) in [4.78, 5) is 0.351. The van der Waals surface area contributed by atoms with E-state index >= 15 is 0 Å². The fourth-order valence-electron chi connectivity index (χ4n) is 2.11. The van der Waals surface area contributed by atoms with Crippen LogP contribution in [0, 0.1) is 13.8 Å². The van der Waals surface area contributed by atoms with Crippen LogP contribution in [0.3, 0.4) is 0 Å². The highest BCUT2D eigenvalue weighted by Crippen LogP contribution is 2.15. The van der Waals surface area contributed by atoms with Crippen molar-refractivity contribution >= 4 is 10.0 Å². The maximum absolute atomic E-state index is 12.1. The van der Waals surface area contributed by atoms with Crippen LogP contribution in [0.15, 0.2) is 23.1 Å². The molecule has 1 atom stereocenters. The molecule has 0 aromatic heterocycles. The summed E-state index contributed by atoms with van der Waals surface area (Å²) < 4.78 is 26.9. The third kappa shape index (κ3) is 3.10. The van der Waals surface area contributed by atoms with E-state index in [-0.39, 0.29) is 6.04 Å². The predicted molar refractivity (Wildman–Crippen MR) is 72.1 cm³/mol. The van der Waals surface area contributed by atoms with Gasteiger partial charge < -0.3 is 5.32 Å². The number of hydrogen-bond acceptors (Lipinski definition) is 3. The summed E-state index contributed by atoms with van der Waals surface area (Å²) in [5.74, 6) is 0. The van der Waals surface area contributed by atoms with Gasteiger partial charge in [-0.3, -0.25) is 0 Å². The molecule has 1 aliphatic rings. The lowest BCUT2D eigenvalue weighted by atomic mass is 10.1. The van der Waals surface area contributed by atoms with Crippen molar-refractivity contribution < 1.29 is 8.42 Å². The molecule has 4 nitrogen and oxygen atoms in total. The van der Waals surface area contributed by atoms with Gasteiger partial charge in [0.1, 0.15) is 0 Å². The maximum atomic E-state index is 12.1. The van der Waals surface area contributed by atoms with Crippen molar-refractivity contribution in [2.75, 3.05) is 13.1 Å². The molecule has 18 heavy (non-hydrogen) atoms. The number of rotatable bonds is 4. The Morgan fingerprint density at radius 3 is 2.72 bits per heavy atom. The zero-order valence-corrected chi connectivity index (χ0v) is 11.7. The molecule has 1 fully saturated rings. The minimum Gasteiger partial charge on any atom is -0.313 e. The fourth-order valence-corrected chi connectivity index (χ4v) is 3.27. The van der Waals surface area contributed by atoms with Crippen molar-refractivity contribution in [1.29, 1.82) is 0 Å².